The molecule has 1 aliphatic heterocycles. The van der Waals surface area contributed by atoms with E-state index in [-0.39, 0.29) is 49.2 Å². The second-order valence-corrected chi connectivity index (χ2v) is 13.9. The number of aliphatic hydroxyl groups is 2. The van der Waals surface area contributed by atoms with Crippen LogP contribution in [0.25, 0.3) is 12.2 Å². The molecule has 1 heterocycles. The summed E-state index contributed by atoms with van der Waals surface area (Å²) in [5.74, 6) is -3.84. The standard InChI is InChI=1S/C40H52O14/c1-9-19-49-37(2,3)50-20-18-35(45)53-29-14-10-27(21-31(29)47-7)12-16-33(43)40(23-41,24-42)34(44)17-13-28-11-15-30(32(22-28)48-8)54-36(46)39(6)25-51-38(4,5)52-26-39/h10-17,21-22,41-42H,9,18-20,23-26H2,1-8H3/b16-12+,17-13+. The Morgan fingerprint density at radius 1 is 0.759 bits per heavy atom. The number of ketones is 2. The average molecular weight is 757 g/mol. The molecule has 1 fully saturated rings. The van der Waals surface area contributed by atoms with Crippen molar-refractivity contribution in [1.29, 1.82) is 0 Å². The third-order valence-electron chi connectivity index (χ3n) is 8.52. The van der Waals surface area contributed by atoms with Crippen molar-refractivity contribution in [3.05, 3.63) is 59.7 Å². The minimum Gasteiger partial charge on any atom is -0.493 e. The van der Waals surface area contributed by atoms with Gasteiger partial charge in [0.1, 0.15) is 10.8 Å². The number of esters is 2. The zero-order valence-electron chi connectivity index (χ0n) is 32.2. The first kappa shape index (κ1) is 44.0. The molecule has 0 spiro atoms. The van der Waals surface area contributed by atoms with Crippen molar-refractivity contribution in [1.82, 2.24) is 0 Å². The largest absolute Gasteiger partial charge is 0.493 e. The number of methoxy groups -OCH3 is 2. The van der Waals surface area contributed by atoms with Crippen molar-refractivity contribution in [3.8, 4) is 23.0 Å². The lowest BCUT2D eigenvalue weighted by Gasteiger charge is -2.39. The Morgan fingerprint density at radius 2 is 1.24 bits per heavy atom. The minimum absolute atomic E-state index is 0.0376. The number of benzene rings is 2. The van der Waals surface area contributed by atoms with Crippen LogP contribution in [0.4, 0.5) is 0 Å². The first-order chi connectivity index (χ1) is 25.5. The maximum absolute atomic E-state index is 13.3. The highest BCUT2D eigenvalue weighted by molar-refractivity contribution is 6.17. The van der Waals surface area contributed by atoms with E-state index < -0.39 is 59.1 Å². The summed E-state index contributed by atoms with van der Waals surface area (Å²) in [6, 6.07) is 9.10. The average Bonchev–Trinajstić information content (AvgIpc) is 3.14. The van der Waals surface area contributed by atoms with Gasteiger partial charge in [0.25, 0.3) is 0 Å². The summed E-state index contributed by atoms with van der Waals surface area (Å²) >= 11 is 0. The number of hydrogen-bond acceptors (Lipinski definition) is 14. The minimum atomic E-state index is -2.18. The van der Waals surface area contributed by atoms with Crippen LogP contribution in [0.5, 0.6) is 23.0 Å². The van der Waals surface area contributed by atoms with Gasteiger partial charge in [-0.15, -0.1) is 0 Å². The molecular weight excluding hydrogens is 704 g/mol. The van der Waals surface area contributed by atoms with Crippen LogP contribution < -0.4 is 18.9 Å². The lowest BCUT2D eigenvalue weighted by molar-refractivity contribution is -0.279. The summed E-state index contributed by atoms with van der Waals surface area (Å²) in [4.78, 5) is 52.1. The monoisotopic (exact) mass is 756 g/mol. The van der Waals surface area contributed by atoms with Crippen LogP contribution >= 0.6 is 0 Å². The number of aliphatic hydroxyl groups excluding tert-OH is 2. The number of ether oxygens (including phenoxy) is 8. The van der Waals surface area contributed by atoms with Crippen LogP contribution in [0.3, 0.4) is 0 Å². The zero-order valence-corrected chi connectivity index (χ0v) is 32.2. The van der Waals surface area contributed by atoms with Gasteiger partial charge in [-0.05, 0) is 88.6 Å². The van der Waals surface area contributed by atoms with Crippen molar-refractivity contribution in [3.63, 3.8) is 0 Å². The molecule has 0 unspecified atom stereocenters. The van der Waals surface area contributed by atoms with Gasteiger partial charge in [-0.2, -0.15) is 0 Å². The van der Waals surface area contributed by atoms with Crippen molar-refractivity contribution >= 4 is 35.7 Å². The molecule has 2 aromatic rings. The molecule has 0 aromatic heterocycles. The molecule has 0 saturated carbocycles. The van der Waals surface area contributed by atoms with Gasteiger partial charge in [0, 0.05) is 6.61 Å². The molecule has 1 aliphatic rings. The van der Waals surface area contributed by atoms with E-state index in [1.54, 1.807) is 46.8 Å². The third kappa shape index (κ3) is 11.8. The molecular formula is C40H52O14. The first-order valence-electron chi connectivity index (χ1n) is 17.5. The van der Waals surface area contributed by atoms with Gasteiger partial charge in [0.2, 0.25) is 0 Å². The summed E-state index contributed by atoms with van der Waals surface area (Å²) < 4.78 is 44.3. The number of carbonyl (C=O) groups is 4. The second-order valence-electron chi connectivity index (χ2n) is 13.9. The fourth-order valence-electron chi connectivity index (χ4n) is 4.92. The zero-order chi connectivity index (χ0) is 40.2. The van der Waals surface area contributed by atoms with Crippen molar-refractivity contribution < 1.29 is 67.3 Å². The fourth-order valence-corrected chi connectivity index (χ4v) is 4.92. The first-order valence-corrected chi connectivity index (χ1v) is 17.5. The quantitative estimate of drug-likeness (QED) is 0.0623. The Bertz CT molecular complexity index is 1680. The van der Waals surface area contributed by atoms with Gasteiger partial charge in [-0.25, -0.2) is 0 Å². The van der Waals surface area contributed by atoms with E-state index >= 15 is 0 Å². The van der Waals surface area contributed by atoms with Crippen molar-refractivity contribution in [2.45, 2.75) is 66.0 Å². The molecule has 2 aromatic carbocycles. The van der Waals surface area contributed by atoms with Gasteiger partial charge in [0.15, 0.2) is 46.1 Å². The Balaban J connectivity index is 1.67. The van der Waals surface area contributed by atoms with Gasteiger partial charge in [-0.3, -0.25) is 19.2 Å². The van der Waals surface area contributed by atoms with E-state index in [9.17, 15) is 29.4 Å². The molecule has 14 nitrogen and oxygen atoms in total. The Morgan fingerprint density at radius 3 is 1.70 bits per heavy atom. The van der Waals surface area contributed by atoms with Gasteiger partial charge >= 0.3 is 11.9 Å². The maximum atomic E-state index is 13.3. The van der Waals surface area contributed by atoms with E-state index in [4.69, 9.17) is 37.9 Å². The highest BCUT2D eigenvalue weighted by atomic mass is 16.7. The molecule has 0 aliphatic carbocycles. The molecule has 54 heavy (non-hydrogen) atoms. The molecule has 0 atom stereocenters. The lowest BCUT2D eigenvalue weighted by Crippen LogP contribution is -2.50. The van der Waals surface area contributed by atoms with Crippen molar-refractivity contribution in [2.75, 3.05) is 53.9 Å². The Labute approximate surface area is 315 Å². The summed E-state index contributed by atoms with van der Waals surface area (Å²) in [7, 11) is 2.77. The van der Waals surface area contributed by atoms with Crippen LogP contribution in [0.2, 0.25) is 0 Å². The molecule has 14 heteroatoms. The summed E-state index contributed by atoms with van der Waals surface area (Å²) in [5.41, 5.74) is -2.35. The third-order valence-corrected chi connectivity index (χ3v) is 8.52. The van der Waals surface area contributed by atoms with Gasteiger partial charge in [-0.1, -0.05) is 31.2 Å². The predicted octanol–water partition coefficient (Wildman–Crippen LogP) is 4.71. The highest BCUT2D eigenvalue weighted by Gasteiger charge is 2.44. The Hall–Kier alpha value is -4.44. The number of rotatable bonds is 20. The number of carbonyl (C=O) groups excluding carboxylic acids is 4. The molecule has 2 N–H and O–H groups in total. The van der Waals surface area contributed by atoms with Crippen molar-refractivity contribution in [2.24, 2.45) is 10.8 Å². The summed E-state index contributed by atoms with van der Waals surface area (Å²) in [6.45, 7) is 9.53. The van der Waals surface area contributed by atoms with E-state index in [0.29, 0.717) is 17.7 Å². The summed E-state index contributed by atoms with van der Waals surface area (Å²) in [6.07, 6.45) is 5.66. The second kappa shape index (κ2) is 19.2. The molecule has 0 amide bonds. The SMILES string of the molecule is CCCOC(C)(C)OCCC(=O)Oc1ccc(/C=C/C(=O)C(CO)(CO)C(=O)/C=C/c2ccc(OC(=O)C3(C)COC(C)(C)OC3)c(OC)c2)cc1OC. The smallest absolute Gasteiger partial charge is 0.322 e. The maximum Gasteiger partial charge on any atom is 0.322 e. The van der Waals surface area contributed by atoms with Crippen LogP contribution in [-0.4, -0.2) is 99.2 Å². The van der Waals surface area contributed by atoms with Crippen LogP contribution in [-0.2, 0) is 38.1 Å². The predicted molar refractivity (Wildman–Crippen MR) is 197 cm³/mol. The lowest BCUT2D eigenvalue weighted by atomic mass is 9.80. The Kier molecular flexibility index (Phi) is 15.7. The molecule has 1 saturated heterocycles. The molecule has 3 rings (SSSR count). The van der Waals surface area contributed by atoms with Gasteiger partial charge in [0.05, 0.1) is 53.7 Å². The number of allylic oxidation sites excluding steroid dienone is 2. The highest BCUT2D eigenvalue weighted by Crippen LogP contribution is 2.35. The normalized spacial score (nSPS) is 15.6. The topological polar surface area (TPSA) is 183 Å². The van der Waals surface area contributed by atoms with E-state index in [2.05, 4.69) is 0 Å². The van der Waals surface area contributed by atoms with Gasteiger partial charge < -0.3 is 48.1 Å². The number of hydrogen-bond donors (Lipinski definition) is 2. The van der Waals surface area contributed by atoms with E-state index in [1.807, 2.05) is 6.92 Å². The summed E-state index contributed by atoms with van der Waals surface area (Å²) in [5, 5.41) is 20.4. The fraction of sp³-hybridized carbons (Fsp3) is 0.500. The van der Waals surface area contributed by atoms with E-state index in [0.717, 1.165) is 18.6 Å². The van der Waals surface area contributed by atoms with E-state index in [1.165, 1.54) is 50.6 Å². The van der Waals surface area contributed by atoms with Crippen LogP contribution in [0.1, 0.15) is 65.5 Å². The van der Waals surface area contributed by atoms with Crippen LogP contribution in [0.15, 0.2) is 48.6 Å². The van der Waals surface area contributed by atoms with Crippen LogP contribution in [0, 0.1) is 10.8 Å². The molecule has 0 radical (unpaired) electrons. The molecule has 0 bridgehead atoms. The molecule has 296 valence electrons.